The first-order valence-corrected chi connectivity index (χ1v) is 7.64. The minimum absolute atomic E-state index is 0.0365. The first kappa shape index (κ1) is 14.1. The predicted octanol–water partition coefficient (Wildman–Crippen LogP) is 0.749. The molecule has 0 atom stereocenters. The quantitative estimate of drug-likeness (QED) is 0.892. The summed E-state index contributed by atoms with van der Waals surface area (Å²) in [4.78, 5) is 22.9. The van der Waals surface area contributed by atoms with Crippen LogP contribution in [-0.4, -0.2) is 67.1 Å². The van der Waals surface area contributed by atoms with Crippen LogP contribution in [0, 0.1) is 0 Å². The third-order valence-electron chi connectivity index (χ3n) is 4.24. The Bertz CT molecular complexity index is 495. The SMILES string of the molecule is CN1CCN(c2ncccc2CNC(=O)N2CCC2)CC1. The van der Waals surface area contributed by atoms with Crippen LogP contribution in [0.15, 0.2) is 18.3 Å². The van der Waals surface area contributed by atoms with E-state index < -0.39 is 0 Å². The number of hydrogen-bond donors (Lipinski definition) is 1. The lowest BCUT2D eigenvalue weighted by Crippen LogP contribution is -2.48. The molecule has 0 aliphatic carbocycles. The van der Waals surface area contributed by atoms with E-state index in [4.69, 9.17) is 0 Å². The average Bonchev–Trinajstić information content (AvgIpc) is 2.44. The number of piperazine rings is 1. The standard InChI is InChI=1S/C15H23N5O/c1-18-8-10-19(11-9-18)14-13(4-2-5-16-14)12-17-15(21)20-6-3-7-20/h2,4-5H,3,6-12H2,1H3,(H,17,21). The lowest BCUT2D eigenvalue weighted by molar-refractivity contribution is 0.167. The summed E-state index contributed by atoms with van der Waals surface area (Å²) in [6.07, 6.45) is 2.95. The van der Waals surface area contributed by atoms with E-state index in [1.807, 2.05) is 17.2 Å². The highest BCUT2D eigenvalue weighted by Crippen LogP contribution is 2.18. The molecule has 0 bridgehead atoms. The summed E-state index contributed by atoms with van der Waals surface area (Å²) < 4.78 is 0. The molecular formula is C15H23N5O. The van der Waals surface area contributed by atoms with Crippen molar-refractivity contribution < 1.29 is 4.79 Å². The van der Waals surface area contributed by atoms with Crippen LogP contribution in [0.1, 0.15) is 12.0 Å². The van der Waals surface area contributed by atoms with Gasteiger partial charge in [-0.3, -0.25) is 0 Å². The van der Waals surface area contributed by atoms with Crippen molar-refractivity contribution in [2.75, 3.05) is 51.2 Å². The highest BCUT2D eigenvalue weighted by Gasteiger charge is 2.21. The molecule has 1 aromatic heterocycles. The molecule has 2 aliphatic heterocycles. The van der Waals surface area contributed by atoms with E-state index in [9.17, 15) is 4.79 Å². The first-order chi connectivity index (χ1) is 10.2. The van der Waals surface area contributed by atoms with E-state index in [-0.39, 0.29) is 6.03 Å². The molecule has 3 rings (SSSR count). The van der Waals surface area contributed by atoms with Crippen molar-refractivity contribution in [3.8, 4) is 0 Å². The maximum atomic E-state index is 11.9. The van der Waals surface area contributed by atoms with Gasteiger partial charge in [0.15, 0.2) is 0 Å². The van der Waals surface area contributed by atoms with Crippen molar-refractivity contribution in [3.63, 3.8) is 0 Å². The number of nitrogens with zero attached hydrogens (tertiary/aromatic N) is 4. The first-order valence-electron chi connectivity index (χ1n) is 7.64. The van der Waals surface area contributed by atoms with Crippen LogP contribution in [0.4, 0.5) is 10.6 Å². The summed E-state index contributed by atoms with van der Waals surface area (Å²) in [6.45, 7) is 6.38. The minimum Gasteiger partial charge on any atom is -0.354 e. The summed E-state index contributed by atoms with van der Waals surface area (Å²) in [5, 5.41) is 3.00. The molecule has 2 saturated heterocycles. The van der Waals surface area contributed by atoms with Crippen LogP contribution in [0.5, 0.6) is 0 Å². The Morgan fingerprint density at radius 3 is 2.67 bits per heavy atom. The molecule has 6 heteroatoms. The Morgan fingerprint density at radius 1 is 1.24 bits per heavy atom. The van der Waals surface area contributed by atoms with Crippen LogP contribution < -0.4 is 10.2 Å². The van der Waals surface area contributed by atoms with Crippen LogP contribution in [0.2, 0.25) is 0 Å². The van der Waals surface area contributed by atoms with E-state index in [0.29, 0.717) is 6.54 Å². The molecule has 21 heavy (non-hydrogen) atoms. The van der Waals surface area contributed by atoms with Gasteiger partial charge in [-0.15, -0.1) is 0 Å². The third-order valence-corrected chi connectivity index (χ3v) is 4.24. The lowest BCUT2D eigenvalue weighted by Gasteiger charge is -2.34. The van der Waals surface area contributed by atoms with Gasteiger partial charge in [0.25, 0.3) is 0 Å². The van der Waals surface area contributed by atoms with Crippen molar-refractivity contribution in [1.29, 1.82) is 0 Å². The Kier molecular flexibility index (Phi) is 4.24. The normalized spacial score (nSPS) is 19.3. The second-order valence-corrected chi connectivity index (χ2v) is 5.78. The number of aromatic nitrogens is 1. The van der Waals surface area contributed by atoms with Gasteiger partial charge in [0.1, 0.15) is 5.82 Å². The third kappa shape index (κ3) is 3.26. The number of carbonyl (C=O) groups excluding carboxylic acids is 1. The van der Waals surface area contributed by atoms with Gasteiger partial charge in [0.05, 0.1) is 0 Å². The molecule has 0 spiro atoms. The zero-order chi connectivity index (χ0) is 14.7. The molecule has 0 radical (unpaired) electrons. The van der Waals surface area contributed by atoms with E-state index in [2.05, 4.69) is 33.2 Å². The molecule has 2 fully saturated rings. The highest BCUT2D eigenvalue weighted by molar-refractivity contribution is 5.75. The van der Waals surface area contributed by atoms with Crippen molar-refractivity contribution in [2.24, 2.45) is 0 Å². The van der Waals surface area contributed by atoms with Gasteiger partial charge < -0.3 is 20.0 Å². The van der Waals surface area contributed by atoms with Gasteiger partial charge in [-0.05, 0) is 19.5 Å². The number of hydrogen-bond acceptors (Lipinski definition) is 4. The topological polar surface area (TPSA) is 51.7 Å². The largest absolute Gasteiger partial charge is 0.354 e. The van der Waals surface area contributed by atoms with Crippen LogP contribution in [0.3, 0.4) is 0 Å². The molecular weight excluding hydrogens is 266 g/mol. The summed E-state index contributed by atoms with van der Waals surface area (Å²) in [6, 6.07) is 4.02. The fourth-order valence-corrected chi connectivity index (χ4v) is 2.67. The molecule has 3 heterocycles. The molecule has 2 aliphatic rings. The number of rotatable bonds is 3. The van der Waals surface area contributed by atoms with Gasteiger partial charge >= 0.3 is 6.03 Å². The number of nitrogens with one attached hydrogen (secondary N) is 1. The molecule has 1 N–H and O–H groups in total. The van der Waals surface area contributed by atoms with Gasteiger partial charge in [-0.25, -0.2) is 9.78 Å². The van der Waals surface area contributed by atoms with Gasteiger partial charge in [0, 0.05) is 57.6 Å². The maximum absolute atomic E-state index is 11.9. The number of urea groups is 1. The Balaban J connectivity index is 1.63. The maximum Gasteiger partial charge on any atom is 0.317 e. The van der Waals surface area contributed by atoms with Gasteiger partial charge in [-0.1, -0.05) is 6.07 Å². The number of pyridine rings is 1. The van der Waals surface area contributed by atoms with Crippen molar-refractivity contribution in [2.45, 2.75) is 13.0 Å². The second-order valence-electron chi connectivity index (χ2n) is 5.78. The van der Waals surface area contributed by atoms with Gasteiger partial charge in [0.2, 0.25) is 0 Å². The van der Waals surface area contributed by atoms with Crippen molar-refractivity contribution >= 4 is 11.8 Å². The number of likely N-dealkylation sites (tertiary alicyclic amines) is 1. The van der Waals surface area contributed by atoms with Crippen molar-refractivity contribution in [3.05, 3.63) is 23.9 Å². The molecule has 0 saturated carbocycles. The Morgan fingerprint density at radius 2 is 2.00 bits per heavy atom. The second kappa shape index (κ2) is 6.30. The Labute approximate surface area is 125 Å². The zero-order valence-corrected chi connectivity index (χ0v) is 12.6. The van der Waals surface area contributed by atoms with Crippen LogP contribution in [0.25, 0.3) is 0 Å². The molecule has 2 amide bonds. The number of amides is 2. The smallest absolute Gasteiger partial charge is 0.317 e. The summed E-state index contributed by atoms with van der Waals surface area (Å²) in [5.41, 5.74) is 1.09. The number of carbonyl (C=O) groups is 1. The Hall–Kier alpha value is -1.82. The molecule has 0 aromatic carbocycles. The number of anilines is 1. The lowest BCUT2D eigenvalue weighted by atomic mass is 10.2. The average molecular weight is 289 g/mol. The predicted molar refractivity (Wildman–Crippen MR) is 82.4 cm³/mol. The summed E-state index contributed by atoms with van der Waals surface area (Å²) >= 11 is 0. The molecule has 114 valence electrons. The zero-order valence-electron chi connectivity index (χ0n) is 12.6. The number of likely N-dealkylation sites (N-methyl/N-ethyl adjacent to an activating group) is 1. The van der Waals surface area contributed by atoms with Crippen LogP contribution >= 0.6 is 0 Å². The summed E-state index contributed by atoms with van der Waals surface area (Å²) in [5.74, 6) is 1.01. The van der Waals surface area contributed by atoms with E-state index in [0.717, 1.165) is 57.1 Å². The van der Waals surface area contributed by atoms with E-state index in [1.54, 1.807) is 0 Å². The molecule has 6 nitrogen and oxygen atoms in total. The summed E-state index contributed by atoms with van der Waals surface area (Å²) in [7, 11) is 2.14. The molecule has 0 unspecified atom stereocenters. The fraction of sp³-hybridized carbons (Fsp3) is 0.600. The van der Waals surface area contributed by atoms with Crippen molar-refractivity contribution in [1.82, 2.24) is 20.1 Å². The highest BCUT2D eigenvalue weighted by atomic mass is 16.2. The van der Waals surface area contributed by atoms with Gasteiger partial charge in [-0.2, -0.15) is 0 Å². The minimum atomic E-state index is 0.0365. The fourth-order valence-electron chi connectivity index (χ4n) is 2.67. The molecule has 1 aromatic rings. The monoisotopic (exact) mass is 289 g/mol. The van der Waals surface area contributed by atoms with E-state index >= 15 is 0 Å². The van der Waals surface area contributed by atoms with E-state index in [1.165, 1.54) is 0 Å². The van der Waals surface area contributed by atoms with Crippen LogP contribution in [-0.2, 0) is 6.54 Å².